The fourth-order valence-corrected chi connectivity index (χ4v) is 3.37. The van der Waals surface area contributed by atoms with Crippen LogP contribution in [0.3, 0.4) is 0 Å². The van der Waals surface area contributed by atoms with Crippen molar-refractivity contribution >= 4 is 22.5 Å². The molecule has 5 nitrogen and oxygen atoms in total. The predicted molar refractivity (Wildman–Crippen MR) is 119 cm³/mol. The van der Waals surface area contributed by atoms with Gasteiger partial charge in [0.1, 0.15) is 17.3 Å². The molecule has 0 atom stereocenters. The smallest absolute Gasteiger partial charge is 0.256 e. The summed E-state index contributed by atoms with van der Waals surface area (Å²) in [5, 5.41) is 3.31. The van der Waals surface area contributed by atoms with Gasteiger partial charge >= 0.3 is 0 Å². The van der Waals surface area contributed by atoms with Gasteiger partial charge in [0.05, 0.1) is 31.0 Å². The largest absolute Gasteiger partial charge is 0.497 e. The Morgan fingerprint density at radius 2 is 1.71 bits per heavy atom. The van der Waals surface area contributed by atoms with E-state index in [2.05, 4.69) is 10.3 Å². The van der Waals surface area contributed by atoms with Gasteiger partial charge in [0.25, 0.3) is 5.91 Å². The van der Waals surface area contributed by atoms with Crippen molar-refractivity contribution in [2.45, 2.75) is 6.92 Å². The molecular formula is C25H21FN2O3. The fraction of sp³-hybridized carbons (Fsp3) is 0.120. The summed E-state index contributed by atoms with van der Waals surface area (Å²) in [6.45, 7) is 1.97. The van der Waals surface area contributed by atoms with Crippen molar-refractivity contribution in [2.24, 2.45) is 0 Å². The lowest BCUT2D eigenvalue weighted by Gasteiger charge is -2.13. The normalized spacial score (nSPS) is 10.7. The van der Waals surface area contributed by atoms with E-state index in [-0.39, 0.29) is 5.91 Å². The van der Waals surface area contributed by atoms with E-state index >= 15 is 0 Å². The van der Waals surface area contributed by atoms with Gasteiger partial charge in [0.2, 0.25) is 0 Å². The number of carbonyl (C=O) groups excluding carboxylic acids is 1. The maximum absolute atomic E-state index is 14.0. The molecule has 3 aromatic carbocycles. The van der Waals surface area contributed by atoms with Crippen molar-refractivity contribution in [1.82, 2.24) is 4.98 Å². The highest BCUT2D eigenvalue weighted by Gasteiger charge is 2.17. The molecule has 1 N–H and O–H groups in total. The number of rotatable bonds is 5. The number of amides is 1. The molecule has 1 heterocycles. The molecule has 4 aromatic rings. The van der Waals surface area contributed by atoms with Crippen molar-refractivity contribution in [3.8, 4) is 22.8 Å². The van der Waals surface area contributed by atoms with Crippen LogP contribution in [-0.2, 0) is 0 Å². The van der Waals surface area contributed by atoms with Crippen molar-refractivity contribution in [3.05, 3.63) is 83.7 Å². The van der Waals surface area contributed by atoms with Crippen LogP contribution in [0.5, 0.6) is 11.5 Å². The molecule has 1 amide bonds. The number of nitrogens with one attached hydrogen (secondary N) is 1. The van der Waals surface area contributed by atoms with E-state index < -0.39 is 5.82 Å². The zero-order valence-electron chi connectivity index (χ0n) is 17.4. The molecule has 0 spiro atoms. The third-order valence-electron chi connectivity index (χ3n) is 5.01. The number of fused-ring (bicyclic) bond motifs is 1. The Morgan fingerprint density at radius 1 is 0.935 bits per heavy atom. The van der Waals surface area contributed by atoms with Gasteiger partial charge < -0.3 is 14.8 Å². The Morgan fingerprint density at radius 3 is 2.42 bits per heavy atom. The first kappa shape index (κ1) is 20.3. The van der Waals surface area contributed by atoms with Gasteiger partial charge in [0, 0.05) is 22.7 Å². The number of pyridine rings is 1. The number of aryl methyl sites for hydroxylation is 1. The van der Waals surface area contributed by atoms with Gasteiger partial charge in [-0.25, -0.2) is 9.37 Å². The summed E-state index contributed by atoms with van der Waals surface area (Å²) in [7, 11) is 3.13. The Kier molecular flexibility index (Phi) is 5.54. The third-order valence-corrected chi connectivity index (χ3v) is 5.01. The standard InChI is InChI=1S/C25H21FN2O3/c1-15-4-7-17(8-5-15)27-25(29)21-14-23(28-22-11-6-16(26)12-20(21)22)19-10-9-18(30-2)13-24(19)31-3/h4-14H,1-3H3,(H,27,29). The van der Waals surface area contributed by atoms with Crippen LogP contribution in [0, 0.1) is 12.7 Å². The minimum absolute atomic E-state index is 0.318. The molecule has 0 unspecified atom stereocenters. The Labute approximate surface area is 179 Å². The fourth-order valence-electron chi connectivity index (χ4n) is 3.37. The number of halogens is 1. The molecule has 0 fully saturated rings. The molecular weight excluding hydrogens is 395 g/mol. The zero-order valence-corrected chi connectivity index (χ0v) is 17.4. The van der Waals surface area contributed by atoms with Gasteiger partial charge in [-0.1, -0.05) is 17.7 Å². The highest BCUT2D eigenvalue weighted by atomic mass is 19.1. The van der Waals surface area contributed by atoms with E-state index in [0.717, 1.165) is 5.56 Å². The molecule has 0 aliphatic carbocycles. The molecule has 6 heteroatoms. The Bertz CT molecular complexity index is 1270. The Hall–Kier alpha value is -3.93. The maximum atomic E-state index is 14.0. The van der Waals surface area contributed by atoms with Crippen LogP contribution in [0.4, 0.5) is 10.1 Å². The molecule has 31 heavy (non-hydrogen) atoms. The molecule has 1 aromatic heterocycles. The highest BCUT2D eigenvalue weighted by Crippen LogP contribution is 2.34. The number of benzene rings is 3. The minimum atomic E-state index is -0.437. The molecule has 0 saturated carbocycles. The molecule has 156 valence electrons. The van der Waals surface area contributed by atoms with Crippen molar-refractivity contribution < 1.29 is 18.7 Å². The number of carbonyl (C=O) groups is 1. The number of methoxy groups -OCH3 is 2. The zero-order chi connectivity index (χ0) is 22.0. The SMILES string of the molecule is COc1ccc(-c2cc(C(=O)Nc3ccc(C)cc3)c3cc(F)ccc3n2)c(OC)c1. The number of aromatic nitrogens is 1. The van der Waals surface area contributed by atoms with E-state index in [0.29, 0.717) is 44.9 Å². The summed E-state index contributed by atoms with van der Waals surface area (Å²) in [5.41, 5.74) is 3.79. The average molecular weight is 416 g/mol. The second-order valence-corrected chi connectivity index (χ2v) is 7.10. The lowest BCUT2D eigenvalue weighted by molar-refractivity contribution is 0.102. The average Bonchev–Trinajstić information content (AvgIpc) is 2.79. The summed E-state index contributed by atoms with van der Waals surface area (Å²) in [5.74, 6) is 0.406. The summed E-state index contributed by atoms with van der Waals surface area (Å²) in [6, 6.07) is 18.7. The van der Waals surface area contributed by atoms with Gasteiger partial charge in [0.15, 0.2) is 0 Å². The highest BCUT2D eigenvalue weighted by molar-refractivity contribution is 6.13. The van der Waals surface area contributed by atoms with Crippen molar-refractivity contribution in [1.29, 1.82) is 0 Å². The second-order valence-electron chi connectivity index (χ2n) is 7.10. The monoisotopic (exact) mass is 416 g/mol. The number of ether oxygens (including phenoxy) is 2. The molecule has 0 saturated heterocycles. The van der Waals surface area contributed by atoms with Crippen LogP contribution in [0.15, 0.2) is 66.7 Å². The number of anilines is 1. The van der Waals surface area contributed by atoms with Crippen LogP contribution in [0.25, 0.3) is 22.2 Å². The number of hydrogen-bond donors (Lipinski definition) is 1. The first-order valence-electron chi connectivity index (χ1n) is 9.69. The Balaban J connectivity index is 1.85. The summed E-state index contributed by atoms with van der Waals surface area (Å²) < 4.78 is 24.7. The van der Waals surface area contributed by atoms with E-state index in [1.165, 1.54) is 12.1 Å². The van der Waals surface area contributed by atoms with Crippen molar-refractivity contribution in [2.75, 3.05) is 19.5 Å². The van der Waals surface area contributed by atoms with Gasteiger partial charge in [-0.2, -0.15) is 0 Å². The molecule has 0 radical (unpaired) electrons. The van der Waals surface area contributed by atoms with E-state index in [9.17, 15) is 9.18 Å². The molecule has 4 rings (SSSR count). The maximum Gasteiger partial charge on any atom is 0.256 e. The first-order chi connectivity index (χ1) is 15.0. The quantitative estimate of drug-likeness (QED) is 0.459. The topological polar surface area (TPSA) is 60.5 Å². The van der Waals surface area contributed by atoms with Crippen LogP contribution >= 0.6 is 0 Å². The van der Waals surface area contributed by atoms with Crippen LogP contribution < -0.4 is 14.8 Å². The van der Waals surface area contributed by atoms with E-state index in [1.807, 2.05) is 37.3 Å². The predicted octanol–water partition coefficient (Wildman–Crippen LogP) is 5.62. The van der Waals surface area contributed by atoms with Crippen molar-refractivity contribution in [3.63, 3.8) is 0 Å². The first-order valence-corrected chi connectivity index (χ1v) is 9.69. The third kappa shape index (κ3) is 4.19. The number of nitrogens with zero attached hydrogens (tertiary/aromatic N) is 1. The summed E-state index contributed by atoms with van der Waals surface area (Å²) in [4.78, 5) is 17.8. The number of hydrogen-bond acceptors (Lipinski definition) is 4. The molecule has 0 aliphatic heterocycles. The molecule has 0 aliphatic rings. The minimum Gasteiger partial charge on any atom is -0.497 e. The van der Waals surface area contributed by atoms with Crippen LogP contribution in [0.2, 0.25) is 0 Å². The van der Waals surface area contributed by atoms with E-state index in [1.54, 1.807) is 38.5 Å². The van der Waals surface area contributed by atoms with Gasteiger partial charge in [-0.05, 0) is 55.5 Å². The van der Waals surface area contributed by atoms with Gasteiger partial charge in [-0.3, -0.25) is 4.79 Å². The van der Waals surface area contributed by atoms with E-state index in [4.69, 9.17) is 9.47 Å². The molecule has 0 bridgehead atoms. The van der Waals surface area contributed by atoms with Crippen LogP contribution in [0.1, 0.15) is 15.9 Å². The summed E-state index contributed by atoms with van der Waals surface area (Å²) >= 11 is 0. The summed E-state index contributed by atoms with van der Waals surface area (Å²) in [6.07, 6.45) is 0. The lowest BCUT2D eigenvalue weighted by atomic mass is 10.0. The second kappa shape index (κ2) is 8.44. The lowest BCUT2D eigenvalue weighted by Crippen LogP contribution is -2.13. The van der Waals surface area contributed by atoms with Crippen LogP contribution in [-0.4, -0.2) is 25.1 Å². The van der Waals surface area contributed by atoms with Gasteiger partial charge in [-0.15, -0.1) is 0 Å².